The van der Waals surface area contributed by atoms with Crippen LogP contribution in [0.2, 0.25) is 0 Å². The Labute approximate surface area is 154 Å². The lowest BCUT2D eigenvalue weighted by Gasteiger charge is -2.31. The van der Waals surface area contributed by atoms with Crippen LogP contribution in [-0.4, -0.2) is 51.3 Å². The van der Waals surface area contributed by atoms with E-state index in [0.717, 1.165) is 48.1 Å². The molecule has 1 aromatic heterocycles. The predicted molar refractivity (Wildman–Crippen MR) is 105 cm³/mol. The molecule has 1 fully saturated rings. The van der Waals surface area contributed by atoms with Gasteiger partial charge in [-0.05, 0) is 25.0 Å². The molecule has 7 heteroatoms. The summed E-state index contributed by atoms with van der Waals surface area (Å²) in [7, 11) is 0. The second-order valence-corrected chi connectivity index (χ2v) is 9.35. The third-order valence-electron chi connectivity index (χ3n) is 4.31. The fourth-order valence-electron chi connectivity index (χ4n) is 3.09. The number of carbonyl (C=O) groups is 1. The van der Waals surface area contributed by atoms with Crippen LogP contribution in [0.5, 0.6) is 0 Å². The summed E-state index contributed by atoms with van der Waals surface area (Å²) in [5.74, 6) is 2.18. The van der Waals surface area contributed by atoms with Gasteiger partial charge in [-0.1, -0.05) is 35.7 Å². The number of aliphatic imine (C=N–C) groups is 1. The van der Waals surface area contributed by atoms with E-state index >= 15 is 0 Å². The van der Waals surface area contributed by atoms with Gasteiger partial charge in [0.15, 0.2) is 0 Å². The zero-order chi connectivity index (χ0) is 16.4. The van der Waals surface area contributed by atoms with Crippen molar-refractivity contribution in [2.45, 2.75) is 18.8 Å². The van der Waals surface area contributed by atoms with Gasteiger partial charge < -0.3 is 4.90 Å². The van der Waals surface area contributed by atoms with Crippen LogP contribution in [0.25, 0.3) is 10.2 Å². The van der Waals surface area contributed by atoms with Gasteiger partial charge in [-0.3, -0.25) is 9.79 Å². The van der Waals surface area contributed by atoms with Crippen LogP contribution >= 0.6 is 34.9 Å². The predicted octanol–water partition coefficient (Wildman–Crippen LogP) is 3.84. The van der Waals surface area contributed by atoms with Gasteiger partial charge in [-0.2, -0.15) is 0 Å². The topological polar surface area (TPSA) is 45.6 Å². The lowest BCUT2D eigenvalue weighted by Crippen LogP contribution is -2.40. The maximum Gasteiger partial charge on any atom is 0.233 e. The Morgan fingerprint density at radius 1 is 1.38 bits per heavy atom. The highest BCUT2D eigenvalue weighted by atomic mass is 32.2. The van der Waals surface area contributed by atoms with Crippen molar-refractivity contribution in [1.82, 2.24) is 9.88 Å². The van der Waals surface area contributed by atoms with Crippen molar-refractivity contribution in [3.05, 3.63) is 29.3 Å². The summed E-state index contributed by atoms with van der Waals surface area (Å²) < 4.78 is 2.31. The van der Waals surface area contributed by atoms with Gasteiger partial charge in [0, 0.05) is 24.8 Å². The number of hydrogen-bond acceptors (Lipinski definition) is 6. The van der Waals surface area contributed by atoms with E-state index in [1.165, 1.54) is 9.71 Å². The Kier molecular flexibility index (Phi) is 5.10. The summed E-state index contributed by atoms with van der Waals surface area (Å²) in [5.41, 5.74) is 1.08. The molecule has 1 atom stereocenters. The summed E-state index contributed by atoms with van der Waals surface area (Å²) >= 11 is 5.13. The molecule has 1 amide bonds. The molecule has 1 saturated heterocycles. The molecule has 24 heavy (non-hydrogen) atoms. The number of fused-ring (bicyclic) bond motifs is 1. The Morgan fingerprint density at radius 3 is 3.12 bits per heavy atom. The van der Waals surface area contributed by atoms with E-state index in [2.05, 4.69) is 23.2 Å². The van der Waals surface area contributed by atoms with Gasteiger partial charge in [0.2, 0.25) is 5.91 Å². The second kappa shape index (κ2) is 7.45. The number of carbonyl (C=O) groups excluding carboxylic acids is 1. The van der Waals surface area contributed by atoms with E-state index in [-0.39, 0.29) is 5.91 Å². The van der Waals surface area contributed by atoms with Crippen molar-refractivity contribution >= 4 is 55.4 Å². The van der Waals surface area contributed by atoms with Gasteiger partial charge in [-0.15, -0.1) is 11.3 Å². The molecule has 0 bridgehead atoms. The van der Waals surface area contributed by atoms with Crippen molar-refractivity contribution in [1.29, 1.82) is 0 Å². The molecule has 0 aliphatic carbocycles. The Hall–Kier alpha value is -1.05. The van der Waals surface area contributed by atoms with Crippen molar-refractivity contribution in [2.24, 2.45) is 4.99 Å². The fraction of sp³-hybridized carbons (Fsp3) is 0.471. The average molecular weight is 378 g/mol. The molecule has 0 radical (unpaired) electrons. The largest absolute Gasteiger partial charge is 0.341 e. The lowest BCUT2D eigenvalue weighted by molar-refractivity contribution is -0.129. The number of benzene rings is 1. The highest BCUT2D eigenvalue weighted by Gasteiger charge is 2.27. The van der Waals surface area contributed by atoms with Crippen LogP contribution in [0, 0.1) is 0 Å². The summed E-state index contributed by atoms with van der Waals surface area (Å²) in [6, 6.07) is 8.28. The van der Waals surface area contributed by atoms with Crippen LogP contribution in [0.1, 0.15) is 23.8 Å². The Bertz CT molecular complexity index is 740. The first-order valence-corrected chi connectivity index (χ1v) is 11.0. The van der Waals surface area contributed by atoms with Crippen LogP contribution < -0.4 is 0 Å². The van der Waals surface area contributed by atoms with E-state index in [4.69, 9.17) is 4.98 Å². The zero-order valence-corrected chi connectivity index (χ0v) is 15.8. The molecule has 0 unspecified atom stereocenters. The standard InChI is InChI=1S/C17H19N3OS3/c21-15(11-23-17-18-7-9-22-17)20-8-3-4-12(10-20)16-19-13-5-1-2-6-14(13)24-16/h1-2,5-6,12H,3-4,7-11H2/t12-/m0/s1. The number of rotatable bonds is 3. The van der Waals surface area contributed by atoms with Gasteiger partial charge in [0.25, 0.3) is 0 Å². The molecule has 1 aromatic carbocycles. The number of hydrogen-bond donors (Lipinski definition) is 0. The molecule has 4 rings (SSSR count). The summed E-state index contributed by atoms with van der Waals surface area (Å²) in [4.78, 5) is 23.7. The van der Waals surface area contributed by atoms with Crippen LogP contribution in [0.15, 0.2) is 29.3 Å². The normalized spacial score (nSPS) is 21.2. The number of amides is 1. The van der Waals surface area contributed by atoms with Gasteiger partial charge in [0.05, 0.1) is 27.5 Å². The molecule has 2 aromatic rings. The molecular weight excluding hydrogens is 358 g/mol. The first kappa shape index (κ1) is 16.4. The third-order valence-corrected chi connectivity index (χ3v) is 7.75. The van der Waals surface area contributed by atoms with Crippen molar-refractivity contribution in [3.63, 3.8) is 0 Å². The minimum absolute atomic E-state index is 0.237. The SMILES string of the molecule is O=C(CSC1=NCCS1)N1CCC[C@H](c2nc3ccccc3s2)C1. The molecule has 3 heterocycles. The number of likely N-dealkylation sites (tertiary alicyclic amines) is 1. The quantitative estimate of drug-likeness (QED) is 0.815. The van der Waals surface area contributed by atoms with Gasteiger partial charge >= 0.3 is 0 Å². The Balaban J connectivity index is 1.40. The highest BCUT2D eigenvalue weighted by Crippen LogP contribution is 2.33. The van der Waals surface area contributed by atoms with Crippen LogP contribution in [0.4, 0.5) is 0 Å². The van der Waals surface area contributed by atoms with Gasteiger partial charge in [-0.25, -0.2) is 4.98 Å². The third kappa shape index (κ3) is 3.63. The smallest absolute Gasteiger partial charge is 0.233 e. The van der Waals surface area contributed by atoms with Crippen LogP contribution in [0.3, 0.4) is 0 Å². The summed E-state index contributed by atoms with van der Waals surface area (Å²) in [5, 5.41) is 1.18. The zero-order valence-electron chi connectivity index (χ0n) is 13.3. The van der Waals surface area contributed by atoms with E-state index in [1.54, 1.807) is 34.9 Å². The van der Waals surface area contributed by atoms with Crippen molar-refractivity contribution < 1.29 is 4.79 Å². The fourth-order valence-corrected chi connectivity index (χ4v) is 6.09. The molecule has 0 N–H and O–H groups in total. The van der Waals surface area contributed by atoms with E-state index in [9.17, 15) is 4.79 Å². The summed E-state index contributed by atoms with van der Waals surface area (Å²) in [6.45, 7) is 2.57. The first-order valence-electron chi connectivity index (χ1n) is 8.23. The van der Waals surface area contributed by atoms with E-state index < -0.39 is 0 Å². The number of piperidine rings is 1. The lowest BCUT2D eigenvalue weighted by atomic mass is 9.99. The minimum atomic E-state index is 0.237. The van der Waals surface area contributed by atoms with Crippen molar-refractivity contribution in [2.75, 3.05) is 31.1 Å². The monoisotopic (exact) mass is 377 g/mol. The van der Waals surface area contributed by atoms with E-state index in [1.807, 2.05) is 11.0 Å². The maximum absolute atomic E-state index is 12.5. The summed E-state index contributed by atoms with van der Waals surface area (Å²) in [6.07, 6.45) is 2.19. The molecule has 0 spiro atoms. The van der Waals surface area contributed by atoms with Crippen LogP contribution in [-0.2, 0) is 4.79 Å². The van der Waals surface area contributed by atoms with Gasteiger partial charge in [0.1, 0.15) is 4.38 Å². The molecule has 126 valence electrons. The maximum atomic E-state index is 12.5. The molecule has 2 aliphatic heterocycles. The number of nitrogens with zero attached hydrogens (tertiary/aromatic N) is 3. The van der Waals surface area contributed by atoms with Crippen molar-refractivity contribution in [3.8, 4) is 0 Å². The van der Waals surface area contributed by atoms with E-state index in [0.29, 0.717) is 11.7 Å². The number of thiazole rings is 1. The number of para-hydroxylation sites is 1. The number of thioether (sulfide) groups is 2. The first-order chi connectivity index (χ1) is 11.8. The molecule has 2 aliphatic rings. The number of aromatic nitrogens is 1. The molecule has 4 nitrogen and oxygen atoms in total. The highest BCUT2D eigenvalue weighted by molar-refractivity contribution is 8.39. The average Bonchev–Trinajstić information content (AvgIpc) is 3.29. The second-order valence-electron chi connectivity index (χ2n) is 5.98. The molecular formula is C17H19N3OS3. The molecule has 0 saturated carbocycles. The minimum Gasteiger partial charge on any atom is -0.341 e. The Morgan fingerprint density at radius 2 is 2.29 bits per heavy atom.